The number of aromatic nitrogens is 2. The van der Waals surface area contributed by atoms with Crippen LogP contribution in [0.3, 0.4) is 0 Å². The molecular weight excluding hydrogens is 370 g/mol. The number of anilines is 1. The van der Waals surface area contributed by atoms with Crippen LogP contribution in [0.25, 0.3) is 0 Å². The maximum atomic E-state index is 5.13. The Hall–Kier alpha value is -1.62. The van der Waals surface area contributed by atoms with Crippen molar-refractivity contribution in [2.24, 2.45) is 5.92 Å². The summed E-state index contributed by atoms with van der Waals surface area (Å²) in [5, 5.41) is 0. The van der Waals surface area contributed by atoms with Crippen molar-refractivity contribution in [1.29, 1.82) is 0 Å². The van der Waals surface area contributed by atoms with E-state index >= 15 is 0 Å². The normalized spacial score (nSPS) is 33.1. The molecule has 0 N–H and O–H groups in total. The van der Waals surface area contributed by atoms with Crippen LogP contribution in [-0.4, -0.2) is 64.1 Å². The maximum Gasteiger partial charge on any atom is 0.133 e. The lowest BCUT2D eigenvalue weighted by molar-refractivity contribution is 0.109. The second-order valence-electron chi connectivity index (χ2n) is 10.4. The van der Waals surface area contributed by atoms with E-state index < -0.39 is 0 Å². The number of fused-ring (bicyclic) bond motifs is 2. The lowest BCUT2D eigenvalue weighted by atomic mass is 9.85. The molecule has 164 valence electrons. The number of rotatable bonds is 4. The topological polar surface area (TPSA) is 35.5 Å². The van der Waals surface area contributed by atoms with Crippen LogP contribution in [-0.2, 0) is 0 Å². The average Bonchev–Trinajstić information content (AvgIpc) is 3.03. The van der Waals surface area contributed by atoms with E-state index in [1.165, 1.54) is 70.2 Å². The van der Waals surface area contributed by atoms with Crippen LogP contribution < -0.4 is 4.90 Å². The van der Waals surface area contributed by atoms with E-state index in [-0.39, 0.29) is 0 Å². The number of hydrogen-bond donors (Lipinski definition) is 0. The van der Waals surface area contributed by atoms with Gasteiger partial charge in [0.25, 0.3) is 0 Å². The van der Waals surface area contributed by atoms with Crippen molar-refractivity contribution in [3.05, 3.63) is 30.4 Å². The lowest BCUT2D eigenvalue weighted by Gasteiger charge is -2.43. The van der Waals surface area contributed by atoms with Crippen LogP contribution in [0, 0.1) is 5.92 Å². The minimum atomic E-state index is 0.526. The third-order valence-corrected chi connectivity index (χ3v) is 8.34. The molecule has 4 heterocycles. The summed E-state index contributed by atoms with van der Waals surface area (Å²) in [6, 6.07) is 4.11. The molecule has 1 aliphatic carbocycles. The Labute approximate surface area is 182 Å². The average molecular weight is 410 g/mol. The molecule has 30 heavy (non-hydrogen) atoms. The number of piperazine rings is 1. The van der Waals surface area contributed by atoms with Gasteiger partial charge in [0.05, 0.1) is 0 Å². The van der Waals surface area contributed by atoms with Gasteiger partial charge in [0.2, 0.25) is 0 Å². The first kappa shape index (κ1) is 20.3. The molecule has 2 atom stereocenters. The third kappa shape index (κ3) is 3.98. The van der Waals surface area contributed by atoms with Crippen molar-refractivity contribution in [1.82, 2.24) is 19.8 Å². The molecule has 0 spiro atoms. The third-order valence-electron chi connectivity index (χ3n) is 8.34. The van der Waals surface area contributed by atoms with E-state index in [1.54, 1.807) is 0 Å². The molecule has 3 aliphatic heterocycles. The Morgan fingerprint density at radius 3 is 2.20 bits per heavy atom. The fourth-order valence-corrected chi connectivity index (χ4v) is 6.42. The first-order valence-electron chi connectivity index (χ1n) is 12.3. The van der Waals surface area contributed by atoms with Crippen LogP contribution in [0.4, 0.5) is 5.82 Å². The molecule has 0 amide bonds. The fourth-order valence-electron chi connectivity index (χ4n) is 6.42. The van der Waals surface area contributed by atoms with Gasteiger partial charge in [-0.1, -0.05) is 13.5 Å². The Balaban J connectivity index is 1.23. The summed E-state index contributed by atoms with van der Waals surface area (Å²) in [5.74, 6) is 3.71. The van der Waals surface area contributed by atoms with Crippen LogP contribution in [0.5, 0.6) is 0 Å². The van der Waals surface area contributed by atoms with Gasteiger partial charge in [-0.05, 0) is 83.4 Å². The first-order chi connectivity index (χ1) is 14.6. The second-order valence-corrected chi connectivity index (χ2v) is 10.4. The number of allylic oxidation sites excluding steroid dienone is 1. The molecule has 1 aromatic heterocycles. The molecule has 5 rings (SSSR count). The van der Waals surface area contributed by atoms with Gasteiger partial charge in [0.1, 0.15) is 11.6 Å². The highest BCUT2D eigenvalue weighted by Crippen LogP contribution is 2.36. The van der Waals surface area contributed by atoms with Gasteiger partial charge < -0.3 is 14.7 Å². The molecule has 3 saturated heterocycles. The van der Waals surface area contributed by atoms with Crippen molar-refractivity contribution >= 4 is 5.82 Å². The van der Waals surface area contributed by atoms with Crippen molar-refractivity contribution in [3.8, 4) is 0 Å². The summed E-state index contributed by atoms with van der Waals surface area (Å²) in [5.41, 5.74) is 1.20. The van der Waals surface area contributed by atoms with E-state index in [9.17, 15) is 0 Å². The van der Waals surface area contributed by atoms with Crippen LogP contribution in [0.15, 0.2) is 24.5 Å². The molecular formula is C25H39N5. The molecule has 4 fully saturated rings. The summed E-state index contributed by atoms with van der Waals surface area (Å²) in [6.45, 7) is 13.3. The van der Waals surface area contributed by atoms with Gasteiger partial charge in [-0.3, -0.25) is 0 Å². The Morgan fingerprint density at radius 2 is 1.57 bits per heavy atom. The number of likely N-dealkylation sites (tertiary alicyclic amines) is 2. The largest absolute Gasteiger partial charge is 0.371 e. The lowest BCUT2D eigenvalue weighted by Crippen LogP contribution is -2.53. The fraction of sp³-hybridized carbons (Fsp3) is 0.760. The first-order valence-corrected chi connectivity index (χ1v) is 12.3. The number of nitrogens with zero attached hydrogens (tertiary/aromatic N) is 5. The Bertz CT molecular complexity index is 734. The van der Waals surface area contributed by atoms with Crippen molar-refractivity contribution in [2.75, 3.05) is 31.1 Å². The molecule has 5 nitrogen and oxygen atoms in total. The van der Waals surface area contributed by atoms with E-state index in [2.05, 4.69) is 41.2 Å². The van der Waals surface area contributed by atoms with Gasteiger partial charge in [0.15, 0.2) is 0 Å². The molecule has 2 bridgehead atoms. The van der Waals surface area contributed by atoms with E-state index in [1.807, 2.05) is 6.20 Å². The predicted octanol–water partition coefficient (Wildman–Crippen LogP) is 4.42. The van der Waals surface area contributed by atoms with Gasteiger partial charge in [-0.2, -0.15) is 0 Å². The maximum absolute atomic E-state index is 5.13. The standard InChI is InChI=1S/C25H39N5/c1-18(2)29-16-22-8-9-23(17-29)30(22)24-10-13-26-25(27-24)20-11-14-28(15-12-20)21-6-4-19(3)5-7-21/h10,13,19-23H,1,4-9,11-12,14-17H2,2-3H3. The van der Waals surface area contributed by atoms with Crippen molar-refractivity contribution in [3.63, 3.8) is 0 Å². The van der Waals surface area contributed by atoms with Crippen molar-refractivity contribution in [2.45, 2.75) is 89.3 Å². The van der Waals surface area contributed by atoms with E-state index in [0.717, 1.165) is 36.7 Å². The quantitative estimate of drug-likeness (QED) is 0.735. The Morgan fingerprint density at radius 1 is 0.933 bits per heavy atom. The highest BCUT2D eigenvalue weighted by Gasteiger charge is 2.40. The van der Waals surface area contributed by atoms with Gasteiger partial charge in [-0.25, -0.2) is 9.97 Å². The monoisotopic (exact) mass is 409 g/mol. The van der Waals surface area contributed by atoms with Gasteiger partial charge in [-0.15, -0.1) is 0 Å². The summed E-state index contributed by atoms with van der Waals surface area (Å²) in [6.07, 6.45) is 12.6. The summed E-state index contributed by atoms with van der Waals surface area (Å²) < 4.78 is 0. The molecule has 0 aromatic carbocycles. The summed E-state index contributed by atoms with van der Waals surface area (Å²) in [7, 11) is 0. The van der Waals surface area contributed by atoms with Crippen molar-refractivity contribution < 1.29 is 0 Å². The molecule has 1 saturated carbocycles. The number of hydrogen-bond acceptors (Lipinski definition) is 5. The van der Waals surface area contributed by atoms with E-state index in [4.69, 9.17) is 9.97 Å². The minimum Gasteiger partial charge on any atom is -0.371 e. The zero-order valence-corrected chi connectivity index (χ0v) is 19.0. The van der Waals surface area contributed by atoms with Crippen LogP contribution in [0.1, 0.15) is 77.0 Å². The summed E-state index contributed by atoms with van der Waals surface area (Å²) >= 11 is 0. The van der Waals surface area contributed by atoms with E-state index in [0.29, 0.717) is 18.0 Å². The minimum absolute atomic E-state index is 0.526. The molecule has 2 unspecified atom stereocenters. The smallest absolute Gasteiger partial charge is 0.133 e. The van der Waals surface area contributed by atoms with Gasteiger partial charge in [0, 0.05) is 49.0 Å². The van der Waals surface area contributed by atoms with Crippen LogP contribution in [0.2, 0.25) is 0 Å². The zero-order chi connectivity index (χ0) is 20.7. The second kappa shape index (κ2) is 8.49. The SMILES string of the molecule is C=C(C)N1CC2CCC(C1)N2c1ccnc(C2CCN(C3CCC(C)CC3)CC2)n1. The van der Waals surface area contributed by atoms with Crippen LogP contribution >= 0.6 is 0 Å². The molecule has 1 aromatic rings. The molecule has 0 radical (unpaired) electrons. The molecule has 4 aliphatic rings. The Kier molecular flexibility index (Phi) is 5.74. The molecule has 5 heteroatoms. The highest BCUT2D eigenvalue weighted by molar-refractivity contribution is 5.44. The summed E-state index contributed by atoms with van der Waals surface area (Å²) in [4.78, 5) is 17.7. The van der Waals surface area contributed by atoms with Gasteiger partial charge >= 0.3 is 0 Å². The number of piperidine rings is 1. The highest BCUT2D eigenvalue weighted by atomic mass is 15.4. The zero-order valence-electron chi connectivity index (χ0n) is 19.0. The predicted molar refractivity (Wildman–Crippen MR) is 123 cm³/mol.